The van der Waals surface area contributed by atoms with Gasteiger partial charge < -0.3 is 4.42 Å². The van der Waals surface area contributed by atoms with Crippen LogP contribution in [0.3, 0.4) is 0 Å². The molecular formula is C48B30O. The van der Waals surface area contributed by atoms with Crippen LogP contribution < -0.4 is 164 Å². The summed E-state index contributed by atoms with van der Waals surface area (Å²) < 4.78 is 6.37. The molecule has 0 fully saturated rings. The van der Waals surface area contributed by atoms with Gasteiger partial charge in [0.1, 0.15) is 247 Å². The standard InChI is InChI=1S/C48B30O/c49-17-11(32(64)46(78)48-16(17)10-9-15(33(65)45(77)47(10)79-48)31(63)41(73)40(72)24(9)56)1-3-5(20(52)36(68)34(66)18(3)50)2(6-4(1)19(51)35(67)37(69)21(6)53)12-25(57)27(59)13(28(60)26(12)58)7-8(23(55)39(71)38(70)22(7)54)14-29(61)42(74)44(76)43(75)30(14)62. The number of fused-ring (bicyclic) bond motifs is 7. The van der Waals surface area contributed by atoms with E-state index in [4.69, 9.17) is 240 Å². The van der Waals surface area contributed by atoms with Crippen LogP contribution in [0.2, 0.25) is 0 Å². The summed E-state index contributed by atoms with van der Waals surface area (Å²) in [6, 6.07) is 0. The van der Waals surface area contributed by atoms with Crippen molar-refractivity contribution >= 4 is 454 Å². The zero-order chi connectivity index (χ0) is 58.4. The molecule has 1 nitrogen and oxygen atoms in total. The number of hydrogen-bond donors (Lipinski definition) is 0. The molecule has 10 rings (SSSR count). The van der Waals surface area contributed by atoms with Crippen LogP contribution in [0.5, 0.6) is 0 Å². The predicted octanol–water partition coefficient (Wildman–Crippen LogP) is -22.5. The quantitative estimate of drug-likeness (QED) is 0.127. The fourth-order valence-corrected chi connectivity index (χ4v) is 11.0. The van der Waals surface area contributed by atoms with E-state index >= 15 is 0 Å². The van der Waals surface area contributed by atoms with Crippen LogP contribution in [0.1, 0.15) is 0 Å². The van der Waals surface area contributed by atoms with Gasteiger partial charge in [0.25, 0.3) is 0 Å². The summed E-state index contributed by atoms with van der Waals surface area (Å²) in [7, 11) is 204. The van der Waals surface area contributed by atoms with Crippen molar-refractivity contribution in [3.8, 4) is 44.5 Å². The monoisotopic (exact) mass is 922 g/mol. The summed E-state index contributed by atoms with van der Waals surface area (Å²) in [5.74, 6) is 0. The smallest absolute Gasteiger partial charge is 0.128 e. The van der Waals surface area contributed by atoms with Gasteiger partial charge in [-0.3, -0.25) is 0 Å². The van der Waals surface area contributed by atoms with E-state index in [2.05, 4.69) is 0 Å². The Hall–Kier alpha value is -4.49. The Balaban J connectivity index is 1.45. The first-order valence-corrected chi connectivity index (χ1v) is 23.1. The van der Waals surface area contributed by atoms with Gasteiger partial charge in [-0.1, -0.05) is 104 Å². The maximum atomic E-state index is 7.41. The maximum absolute atomic E-state index is 7.41. The lowest BCUT2D eigenvalue weighted by Gasteiger charge is -2.33. The van der Waals surface area contributed by atoms with E-state index in [1.807, 2.05) is 0 Å². The zero-order valence-electron chi connectivity index (χ0n) is 41.7. The van der Waals surface area contributed by atoms with E-state index in [0.29, 0.717) is 0 Å². The highest BCUT2D eigenvalue weighted by Crippen LogP contribution is 2.40. The molecular weight excluding hydrogens is 917 g/mol. The average Bonchev–Trinajstić information content (AvgIpc) is 4.09. The van der Waals surface area contributed by atoms with Crippen LogP contribution in [0.25, 0.3) is 98.8 Å². The maximum Gasteiger partial charge on any atom is 0.128 e. The lowest BCUT2D eigenvalue weighted by Crippen LogP contribution is -2.57. The number of benzene rings is 9. The molecule has 31 heteroatoms. The van der Waals surface area contributed by atoms with Crippen molar-refractivity contribution in [2.24, 2.45) is 0 Å². The fourth-order valence-electron chi connectivity index (χ4n) is 11.0. The second-order valence-electron chi connectivity index (χ2n) is 19.2. The van der Waals surface area contributed by atoms with Gasteiger partial charge in [0.05, 0.1) is 0 Å². The minimum atomic E-state index is -0.328. The van der Waals surface area contributed by atoms with Crippen LogP contribution in [0.4, 0.5) is 0 Å². The third kappa shape index (κ3) is 7.52. The van der Waals surface area contributed by atoms with Crippen LogP contribution in [-0.4, -0.2) is 235 Å². The van der Waals surface area contributed by atoms with E-state index in [9.17, 15) is 0 Å². The third-order valence-electron chi connectivity index (χ3n) is 15.3. The van der Waals surface area contributed by atoms with E-state index in [1.165, 1.54) is 0 Å². The zero-order valence-corrected chi connectivity index (χ0v) is 41.7. The molecule has 79 heavy (non-hydrogen) atoms. The Labute approximate surface area is 498 Å². The molecule has 0 spiro atoms. The summed E-state index contributed by atoms with van der Waals surface area (Å²) in [6.45, 7) is 0. The van der Waals surface area contributed by atoms with Crippen molar-refractivity contribution in [1.29, 1.82) is 0 Å². The van der Waals surface area contributed by atoms with E-state index in [1.54, 1.807) is 0 Å². The molecule has 9 aromatic carbocycles. The predicted molar refractivity (Wildman–Crippen MR) is 370 cm³/mol. The minimum absolute atomic E-state index is 0.0340. The molecule has 0 aliphatic heterocycles. The van der Waals surface area contributed by atoms with Crippen LogP contribution >= 0.6 is 0 Å². The van der Waals surface area contributed by atoms with Gasteiger partial charge in [-0.15, -0.1) is 60.1 Å². The first-order chi connectivity index (χ1) is 36.8. The molecule has 0 N–H and O–H groups in total. The molecule has 288 valence electrons. The SMILES string of the molecule is [B]c1c([B])c([B])c(-c2c([B])c([B])c([B])c([B])c2-c2c([B])c([B])c(-c3c4c([B])c([B])c([B])c([B])c4c(-c4c([B])c([B])c5oc6c([B])c([B])c7c([B])c([B])c([B])c([B])c7c6c5c4[B])c4c([B])c([B])c([B])c([B])c34)c([B])c2[B])c([B])c1[B]. The highest BCUT2D eigenvalue weighted by atomic mass is 16.3. The third-order valence-corrected chi connectivity index (χ3v) is 15.3. The van der Waals surface area contributed by atoms with Crippen molar-refractivity contribution in [3.05, 3.63) is 0 Å². The molecule has 0 unspecified atom stereocenters. The Morgan fingerprint density at radius 1 is 0.114 bits per heavy atom. The first kappa shape index (κ1) is 57.7. The highest BCUT2D eigenvalue weighted by molar-refractivity contribution is 6.77. The van der Waals surface area contributed by atoms with Gasteiger partial charge in [0.2, 0.25) is 0 Å². The van der Waals surface area contributed by atoms with Crippen molar-refractivity contribution < 1.29 is 4.42 Å². The molecule has 0 amide bonds. The van der Waals surface area contributed by atoms with Crippen molar-refractivity contribution in [2.75, 3.05) is 0 Å². The fraction of sp³-hybridized carbons (Fsp3) is 0. The molecule has 0 atom stereocenters. The largest absolute Gasteiger partial charge is 0.457 e. The van der Waals surface area contributed by atoms with E-state index < -0.39 is 0 Å². The van der Waals surface area contributed by atoms with Crippen molar-refractivity contribution in [3.63, 3.8) is 0 Å². The van der Waals surface area contributed by atoms with Crippen LogP contribution in [0.15, 0.2) is 4.42 Å². The summed E-state index contributed by atoms with van der Waals surface area (Å²) >= 11 is 0. The van der Waals surface area contributed by atoms with Crippen molar-refractivity contribution in [1.82, 2.24) is 0 Å². The van der Waals surface area contributed by atoms with Gasteiger partial charge >= 0.3 is 0 Å². The second kappa shape index (κ2) is 19.6. The molecule has 1 heterocycles. The lowest BCUT2D eigenvalue weighted by molar-refractivity contribution is 0.675. The summed E-state index contributed by atoms with van der Waals surface area (Å²) in [5, 5.41) is 0.229. The van der Waals surface area contributed by atoms with Crippen molar-refractivity contribution in [2.45, 2.75) is 0 Å². The second-order valence-corrected chi connectivity index (χ2v) is 19.2. The van der Waals surface area contributed by atoms with E-state index in [-0.39, 0.29) is 263 Å². The summed E-state index contributed by atoms with van der Waals surface area (Å²) in [6.07, 6.45) is 0. The Morgan fingerprint density at radius 3 is 0.646 bits per heavy atom. The van der Waals surface area contributed by atoms with Gasteiger partial charge in [0, 0.05) is 10.8 Å². The van der Waals surface area contributed by atoms with Gasteiger partial charge in [-0.2, -0.15) is 0 Å². The van der Waals surface area contributed by atoms with E-state index in [0.717, 1.165) is 0 Å². The molecule has 10 aromatic rings. The van der Waals surface area contributed by atoms with Gasteiger partial charge in [-0.05, 0) is 76.8 Å². The average molecular weight is 917 g/mol. The highest BCUT2D eigenvalue weighted by Gasteiger charge is 2.32. The van der Waals surface area contributed by atoms with Gasteiger partial charge in [-0.25, -0.2) is 0 Å². The molecule has 0 aliphatic carbocycles. The molecule has 0 saturated heterocycles. The Morgan fingerprint density at radius 2 is 0.304 bits per heavy atom. The number of rotatable bonds is 4. The van der Waals surface area contributed by atoms with Crippen LogP contribution in [0, 0.1) is 0 Å². The molecule has 0 bridgehead atoms. The normalized spacial score (nSPS) is 11.8. The van der Waals surface area contributed by atoms with Crippen LogP contribution in [-0.2, 0) is 0 Å². The number of hydrogen-bond acceptors (Lipinski definition) is 1. The Bertz CT molecular complexity index is 4460. The minimum Gasteiger partial charge on any atom is -0.457 e. The number of furan rings is 1. The molecule has 60 radical (unpaired) electrons. The summed E-state index contributed by atoms with van der Waals surface area (Å²) in [4.78, 5) is 0. The first-order valence-electron chi connectivity index (χ1n) is 23.1. The molecule has 1 aromatic heterocycles. The topological polar surface area (TPSA) is 13.1 Å². The Kier molecular flexibility index (Phi) is 14.3. The lowest BCUT2D eigenvalue weighted by atomic mass is 9.54. The molecule has 0 saturated carbocycles. The molecule has 0 aliphatic rings. The summed E-state index contributed by atoms with van der Waals surface area (Å²) in [5.41, 5.74) is -6.76. The van der Waals surface area contributed by atoms with Gasteiger partial charge in [0.15, 0.2) is 0 Å².